The first kappa shape index (κ1) is 12.1. The lowest BCUT2D eigenvalue weighted by Crippen LogP contribution is -2.37. The van der Waals surface area contributed by atoms with E-state index in [0.29, 0.717) is 37.7 Å². The van der Waals surface area contributed by atoms with Crippen LogP contribution >= 0.6 is 0 Å². The van der Waals surface area contributed by atoms with Crippen LogP contribution in [0.15, 0.2) is 12.1 Å². The number of nitrogens with zero attached hydrogens (tertiary/aromatic N) is 3. The Labute approximate surface area is 104 Å². The van der Waals surface area contributed by atoms with E-state index in [1.54, 1.807) is 4.90 Å². The zero-order chi connectivity index (χ0) is 13.1. The number of nitro groups is 1. The number of hydrogen-bond donors (Lipinski definition) is 1. The Bertz CT molecular complexity index is 518. The Balaban J connectivity index is 2.56. The van der Waals surface area contributed by atoms with E-state index in [1.807, 2.05) is 6.07 Å². The molecule has 7 nitrogen and oxygen atoms in total. The molecule has 0 saturated carbocycles. The quantitative estimate of drug-likeness (QED) is 0.473. The van der Waals surface area contributed by atoms with E-state index in [9.17, 15) is 10.1 Å². The topological polar surface area (TPSA) is 105 Å². The van der Waals surface area contributed by atoms with Gasteiger partial charge < -0.3 is 15.4 Å². The van der Waals surface area contributed by atoms with Crippen LogP contribution < -0.4 is 10.6 Å². The van der Waals surface area contributed by atoms with E-state index in [4.69, 9.17) is 15.7 Å². The number of rotatable bonds is 2. The van der Waals surface area contributed by atoms with Gasteiger partial charge in [0.05, 0.1) is 23.8 Å². The molecule has 1 fully saturated rings. The molecular weight excluding hydrogens is 236 g/mol. The number of benzene rings is 1. The number of morpholine rings is 1. The second kappa shape index (κ2) is 4.89. The molecule has 1 aromatic rings. The van der Waals surface area contributed by atoms with Gasteiger partial charge in [0.15, 0.2) is 0 Å². The molecule has 7 heteroatoms. The van der Waals surface area contributed by atoms with Crippen molar-refractivity contribution in [1.29, 1.82) is 5.26 Å². The zero-order valence-electron chi connectivity index (χ0n) is 9.63. The molecular formula is C11H12N4O3. The molecule has 0 aliphatic carbocycles. The van der Waals surface area contributed by atoms with Crippen molar-refractivity contribution in [1.82, 2.24) is 0 Å². The number of nitro benzene ring substituents is 1. The molecule has 94 valence electrons. The molecule has 0 bridgehead atoms. The SMILES string of the molecule is N#Cc1ccc(N)c(N2CCOCC2)c1[N+](=O)[O-]. The summed E-state index contributed by atoms with van der Waals surface area (Å²) in [5.41, 5.74) is 6.25. The summed E-state index contributed by atoms with van der Waals surface area (Å²) in [6, 6.07) is 4.73. The summed E-state index contributed by atoms with van der Waals surface area (Å²) in [4.78, 5) is 12.4. The van der Waals surface area contributed by atoms with Crippen molar-refractivity contribution in [2.45, 2.75) is 0 Å². The summed E-state index contributed by atoms with van der Waals surface area (Å²) in [6.45, 7) is 2.04. The molecule has 0 unspecified atom stereocenters. The van der Waals surface area contributed by atoms with Gasteiger partial charge in [0.25, 0.3) is 0 Å². The number of ether oxygens (including phenoxy) is 1. The number of anilines is 2. The van der Waals surface area contributed by atoms with Gasteiger partial charge in [0.1, 0.15) is 17.3 Å². The second-order valence-electron chi connectivity index (χ2n) is 3.87. The van der Waals surface area contributed by atoms with Gasteiger partial charge in [-0.15, -0.1) is 0 Å². The van der Waals surface area contributed by atoms with E-state index in [0.717, 1.165) is 0 Å². The Morgan fingerprint density at radius 1 is 1.44 bits per heavy atom. The second-order valence-corrected chi connectivity index (χ2v) is 3.87. The van der Waals surface area contributed by atoms with Crippen molar-refractivity contribution in [3.8, 4) is 6.07 Å². The van der Waals surface area contributed by atoms with Crippen LogP contribution in [0.25, 0.3) is 0 Å². The van der Waals surface area contributed by atoms with Gasteiger partial charge in [-0.3, -0.25) is 10.1 Å². The molecule has 2 rings (SSSR count). The van der Waals surface area contributed by atoms with Crippen LogP contribution in [-0.4, -0.2) is 31.2 Å². The van der Waals surface area contributed by atoms with Gasteiger partial charge in [-0.2, -0.15) is 5.26 Å². The monoisotopic (exact) mass is 248 g/mol. The minimum Gasteiger partial charge on any atom is -0.397 e. The van der Waals surface area contributed by atoms with Gasteiger partial charge in [-0.1, -0.05) is 0 Å². The smallest absolute Gasteiger partial charge is 0.312 e. The third kappa shape index (κ3) is 2.06. The van der Waals surface area contributed by atoms with Crippen molar-refractivity contribution in [3.05, 3.63) is 27.8 Å². The van der Waals surface area contributed by atoms with Crippen LogP contribution in [0.2, 0.25) is 0 Å². The van der Waals surface area contributed by atoms with Crippen molar-refractivity contribution >= 4 is 17.1 Å². The van der Waals surface area contributed by atoms with Gasteiger partial charge in [-0.05, 0) is 12.1 Å². The molecule has 1 saturated heterocycles. The van der Waals surface area contributed by atoms with E-state index in [2.05, 4.69) is 0 Å². The highest BCUT2D eigenvalue weighted by Crippen LogP contribution is 2.37. The van der Waals surface area contributed by atoms with Crippen LogP contribution in [0.5, 0.6) is 0 Å². The largest absolute Gasteiger partial charge is 0.397 e. The lowest BCUT2D eigenvalue weighted by Gasteiger charge is -2.29. The number of nitrogens with two attached hydrogens (primary N) is 1. The molecule has 0 aromatic heterocycles. The van der Waals surface area contributed by atoms with Gasteiger partial charge in [-0.25, -0.2) is 0 Å². The summed E-state index contributed by atoms with van der Waals surface area (Å²) in [6.07, 6.45) is 0. The predicted molar refractivity (Wildman–Crippen MR) is 65.3 cm³/mol. The molecule has 2 N–H and O–H groups in total. The highest BCUT2D eigenvalue weighted by molar-refractivity contribution is 5.81. The first-order valence-electron chi connectivity index (χ1n) is 5.45. The highest BCUT2D eigenvalue weighted by atomic mass is 16.6. The molecule has 1 aliphatic rings. The molecule has 18 heavy (non-hydrogen) atoms. The molecule has 0 atom stereocenters. The normalized spacial score (nSPS) is 15.2. The standard InChI is InChI=1S/C11H12N4O3/c12-7-8-1-2-9(13)11(10(8)15(16)17)14-3-5-18-6-4-14/h1-2H,3-6,13H2. The first-order chi connectivity index (χ1) is 8.65. The zero-order valence-corrected chi connectivity index (χ0v) is 9.63. The lowest BCUT2D eigenvalue weighted by atomic mass is 10.1. The fourth-order valence-electron chi connectivity index (χ4n) is 1.99. The van der Waals surface area contributed by atoms with Crippen LogP contribution in [0.4, 0.5) is 17.1 Å². The Hall–Kier alpha value is -2.33. The third-order valence-electron chi connectivity index (χ3n) is 2.81. The molecule has 1 heterocycles. The average molecular weight is 248 g/mol. The van der Waals surface area contributed by atoms with E-state index < -0.39 is 4.92 Å². The minimum absolute atomic E-state index is 0.0238. The Kier molecular flexibility index (Phi) is 3.30. The number of hydrogen-bond acceptors (Lipinski definition) is 6. The molecule has 1 aromatic carbocycles. The van der Waals surface area contributed by atoms with Crippen LogP contribution in [0, 0.1) is 21.4 Å². The Morgan fingerprint density at radius 3 is 2.67 bits per heavy atom. The average Bonchev–Trinajstić information content (AvgIpc) is 2.39. The van der Waals surface area contributed by atoms with E-state index in [1.165, 1.54) is 12.1 Å². The fraction of sp³-hybridized carbons (Fsp3) is 0.364. The van der Waals surface area contributed by atoms with E-state index >= 15 is 0 Å². The molecule has 0 radical (unpaired) electrons. The number of nitrogen functional groups attached to an aromatic ring is 1. The summed E-state index contributed by atoms with van der Waals surface area (Å²) in [7, 11) is 0. The molecule has 0 amide bonds. The van der Waals surface area contributed by atoms with Gasteiger partial charge in [0, 0.05) is 13.1 Å². The molecule has 1 aliphatic heterocycles. The first-order valence-corrected chi connectivity index (χ1v) is 5.45. The van der Waals surface area contributed by atoms with Crippen molar-refractivity contribution < 1.29 is 9.66 Å². The predicted octanol–water partition coefficient (Wildman–Crippen LogP) is 0.885. The van der Waals surface area contributed by atoms with Gasteiger partial charge >= 0.3 is 5.69 Å². The van der Waals surface area contributed by atoms with Crippen LogP contribution in [-0.2, 0) is 4.74 Å². The van der Waals surface area contributed by atoms with Crippen molar-refractivity contribution in [3.63, 3.8) is 0 Å². The Morgan fingerprint density at radius 2 is 2.11 bits per heavy atom. The van der Waals surface area contributed by atoms with Crippen LogP contribution in [0.3, 0.4) is 0 Å². The van der Waals surface area contributed by atoms with Crippen LogP contribution in [0.1, 0.15) is 5.56 Å². The summed E-state index contributed by atoms with van der Waals surface area (Å²) in [5.74, 6) is 0. The number of nitriles is 1. The maximum absolute atomic E-state index is 11.1. The summed E-state index contributed by atoms with van der Waals surface area (Å²) >= 11 is 0. The third-order valence-corrected chi connectivity index (χ3v) is 2.81. The summed E-state index contributed by atoms with van der Waals surface area (Å²) < 4.78 is 5.20. The maximum atomic E-state index is 11.1. The molecule has 0 spiro atoms. The minimum atomic E-state index is -0.556. The fourth-order valence-corrected chi connectivity index (χ4v) is 1.99. The summed E-state index contributed by atoms with van der Waals surface area (Å²) in [5, 5.41) is 20.1. The van der Waals surface area contributed by atoms with Crippen molar-refractivity contribution in [2.75, 3.05) is 36.9 Å². The van der Waals surface area contributed by atoms with E-state index in [-0.39, 0.29) is 11.3 Å². The highest BCUT2D eigenvalue weighted by Gasteiger charge is 2.27. The lowest BCUT2D eigenvalue weighted by molar-refractivity contribution is -0.384. The maximum Gasteiger partial charge on any atom is 0.312 e. The van der Waals surface area contributed by atoms with Crippen molar-refractivity contribution in [2.24, 2.45) is 0 Å². The van der Waals surface area contributed by atoms with Gasteiger partial charge in [0.2, 0.25) is 0 Å².